The molecule has 0 aromatic heterocycles. The Hall–Kier alpha value is -5.28. The largest absolute Gasteiger partial charge is 0.478 e. The van der Waals surface area contributed by atoms with Gasteiger partial charge >= 0.3 is 17.9 Å². The van der Waals surface area contributed by atoms with E-state index in [2.05, 4.69) is 0 Å². The van der Waals surface area contributed by atoms with Gasteiger partial charge in [0, 0.05) is 10.6 Å². The van der Waals surface area contributed by atoms with Crippen molar-refractivity contribution in [2.24, 2.45) is 0 Å². The highest BCUT2D eigenvalue weighted by molar-refractivity contribution is 6.30. The SMILES string of the molecule is O=C(O)c1ccccc1C(=O)OC(CN(C(=O)c1ccc(Cl)cc1)C(=O)c1ccccc1C(=O)O)c1ccccc1. The third kappa shape index (κ3) is 6.66. The van der Waals surface area contributed by atoms with Crippen molar-refractivity contribution in [3.05, 3.63) is 142 Å². The van der Waals surface area contributed by atoms with Gasteiger partial charge in [0.05, 0.1) is 28.8 Å². The normalized spacial score (nSPS) is 11.2. The van der Waals surface area contributed by atoms with Gasteiger partial charge in [0.15, 0.2) is 0 Å². The predicted molar refractivity (Wildman–Crippen MR) is 148 cm³/mol. The Labute approximate surface area is 239 Å². The average Bonchev–Trinajstić information content (AvgIpc) is 2.99. The first-order chi connectivity index (χ1) is 19.7. The smallest absolute Gasteiger partial charge is 0.339 e. The van der Waals surface area contributed by atoms with E-state index in [1.54, 1.807) is 30.3 Å². The molecule has 0 spiro atoms. The zero-order valence-corrected chi connectivity index (χ0v) is 22.0. The summed E-state index contributed by atoms with van der Waals surface area (Å²) in [6.45, 7) is -0.515. The Morgan fingerprint density at radius 3 is 1.68 bits per heavy atom. The van der Waals surface area contributed by atoms with Crippen molar-refractivity contribution in [3.8, 4) is 0 Å². The third-order valence-corrected chi connectivity index (χ3v) is 6.37. The van der Waals surface area contributed by atoms with Crippen LogP contribution in [0.15, 0.2) is 103 Å². The van der Waals surface area contributed by atoms with Gasteiger partial charge in [0.25, 0.3) is 11.8 Å². The lowest BCUT2D eigenvalue weighted by molar-refractivity contribution is 0.0177. The number of carbonyl (C=O) groups excluding carboxylic acids is 3. The number of amides is 2. The maximum absolute atomic E-state index is 13.8. The van der Waals surface area contributed by atoms with Crippen molar-refractivity contribution in [1.82, 2.24) is 4.90 Å². The molecule has 0 saturated carbocycles. The number of nitrogens with zero attached hydrogens (tertiary/aromatic N) is 1. The first-order valence-electron chi connectivity index (χ1n) is 12.2. The number of carboxylic acids is 2. The van der Waals surface area contributed by atoms with Gasteiger partial charge in [-0.2, -0.15) is 0 Å². The van der Waals surface area contributed by atoms with Crippen LogP contribution in [0, 0.1) is 0 Å². The molecule has 41 heavy (non-hydrogen) atoms. The highest BCUT2D eigenvalue weighted by Gasteiger charge is 2.32. The standard InChI is InChI=1S/C31H22ClNO8/c32-21-16-14-20(15-17-21)27(34)33(28(35)22-10-4-5-11-23(22)29(36)37)18-26(19-8-2-1-3-9-19)41-31(40)25-13-7-6-12-24(25)30(38)39/h1-17,26H,18H2,(H,36,37)(H,38,39). The summed E-state index contributed by atoms with van der Waals surface area (Å²) in [5.41, 5.74) is -0.609. The number of carboxylic acid groups (broad SMARTS) is 2. The summed E-state index contributed by atoms with van der Waals surface area (Å²) in [7, 11) is 0. The summed E-state index contributed by atoms with van der Waals surface area (Å²) in [4.78, 5) is 65.1. The number of esters is 1. The highest BCUT2D eigenvalue weighted by atomic mass is 35.5. The number of benzene rings is 4. The van der Waals surface area contributed by atoms with E-state index in [9.17, 15) is 34.2 Å². The molecule has 0 aliphatic carbocycles. The summed E-state index contributed by atoms with van der Waals surface area (Å²) in [5, 5.41) is 19.6. The molecule has 2 N–H and O–H groups in total. The summed E-state index contributed by atoms with van der Waals surface area (Å²) >= 11 is 5.97. The van der Waals surface area contributed by atoms with Crippen LogP contribution in [0.25, 0.3) is 0 Å². The molecule has 0 bridgehead atoms. The first-order valence-corrected chi connectivity index (χ1v) is 12.6. The fourth-order valence-electron chi connectivity index (χ4n) is 4.09. The minimum atomic E-state index is -1.37. The molecule has 4 aromatic carbocycles. The van der Waals surface area contributed by atoms with Crippen LogP contribution in [-0.2, 0) is 4.74 Å². The molecule has 4 aromatic rings. The number of halogens is 1. The number of imide groups is 1. The maximum Gasteiger partial charge on any atom is 0.339 e. The van der Waals surface area contributed by atoms with E-state index >= 15 is 0 Å². The molecule has 0 fully saturated rings. The van der Waals surface area contributed by atoms with E-state index in [1.807, 2.05) is 0 Å². The molecular formula is C31H22ClNO8. The Morgan fingerprint density at radius 1 is 0.634 bits per heavy atom. The number of hydrogen-bond donors (Lipinski definition) is 2. The second-order valence-corrected chi connectivity index (χ2v) is 9.17. The van der Waals surface area contributed by atoms with Crippen LogP contribution in [-0.4, -0.2) is 51.4 Å². The van der Waals surface area contributed by atoms with Crippen molar-refractivity contribution in [2.75, 3.05) is 6.54 Å². The molecule has 2 amide bonds. The summed E-state index contributed by atoms with van der Waals surface area (Å²) in [5.74, 6) is -5.44. The number of ether oxygens (including phenoxy) is 1. The summed E-state index contributed by atoms with van der Waals surface area (Å²) in [6.07, 6.45) is -1.25. The molecule has 0 radical (unpaired) electrons. The monoisotopic (exact) mass is 571 g/mol. The van der Waals surface area contributed by atoms with Crippen molar-refractivity contribution in [3.63, 3.8) is 0 Å². The minimum absolute atomic E-state index is 0.0740. The summed E-state index contributed by atoms with van der Waals surface area (Å²) in [6, 6.07) is 24.9. The fraction of sp³-hybridized carbons (Fsp3) is 0.0645. The summed E-state index contributed by atoms with van der Waals surface area (Å²) < 4.78 is 5.73. The molecule has 0 heterocycles. The lowest BCUT2D eigenvalue weighted by Gasteiger charge is -2.27. The fourth-order valence-corrected chi connectivity index (χ4v) is 4.22. The zero-order valence-electron chi connectivity index (χ0n) is 21.3. The van der Waals surface area contributed by atoms with E-state index in [0.29, 0.717) is 10.6 Å². The van der Waals surface area contributed by atoms with Gasteiger partial charge in [0.1, 0.15) is 6.10 Å². The molecule has 9 nitrogen and oxygen atoms in total. The van der Waals surface area contributed by atoms with Crippen LogP contribution in [0.5, 0.6) is 0 Å². The minimum Gasteiger partial charge on any atom is -0.478 e. The van der Waals surface area contributed by atoms with Gasteiger partial charge in [0.2, 0.25) is 0 Å². The predicted octanol–water partition coefficient (Wildman–Crippen LogP) is 5.62. The van der Waals surface area contributed by atoms with Gasteiger partial charge in [-0.3, -0.25) is 14.5 Å². The second kappa shape index (κ2) is 12.7. The topological polar surface area (TPSA) is 138 Å². The van der Waals surface area contributed by atoms with E-state index in [0.717, 1.165) is 4.90 Å². The molecule has 1 atom stereocenters. The Kier molecular flexibility index (Phi) is 8.91. The number of rotatable bonds is 9. The Bertz CT molecular complexity index is 1620. The molecular weight excluding hydrogens is 550 g/mol. The van der Waals surface area contributed by atoms with E-state index < -0.39 is 42.4 Å². The van der Waals surface area contributed by atoms with Crippen LogP contribution in [0.1, 0.15) is 63.5 Å². The Morgan fingerprint density at radius 2 is 1.12 bits per heavy atom. The van der Waals surface area contributed by atoms with Gasteiger partial charge in [-0.1, -0.05) is 66.2 Å². The molecule has 0 aliphatic rings. The number of carbonyl (C=O) groups is 5. The van der Waals surface area contributed by atoms with Crippen molar-refractivity contribution < 1.29 is 38.9 Å². The third-order valence-electron chi connectivity index (χ3n) is 6.12. The van der Waals surface area contributed by atoms with E-state index in [4.69, 9.17) is 16.3 Å². The maximum atomic E-state index is 13.8. The second-order valence-electron chi connectivity index (χ2n) is 8.73. The first kappa shape index (κ1) is 28.7. The highest BCUT2D eigenvalue weighted by Crippen LogP contribution is 2.25. The van der Waals surface area contributed by atoms with Crippen molar-refractivity contribution >= 4 is 41.3 Å². The van der Waals surface area contributed by atoms with Crippen LogP contribution >= 0.6 is 11.6 Å². The van der Waals surface area contributed by atoms with Gasteiger partial charge in [-0.05, 0) is 54.1 Å². The molecule has 1 unspecified atom stereocenters. The van der Waals surface area contributed by atoms with Crippen molar-refractivity contribution in [1.29, 1.82) is 0 Å². The molecule has 0 saturated heterocycles. The van der Waals surface area contributed by atoms with Gasteiger partial charge in [-0.15, -0.1) is 0 Å². The van der Waals surface area contributed by atoms with Gasteiger partial charge < -0.3 is 14.9 Å². The quantitative estimate of drug-likeness (QED) is 0.195. The van der Waals surface area contributed by atoms with Crippen LogP contribution < -0.4 is 0 Å². The lowest BCUT2D eigenvalue weighted by Crippen LogP contribution is -2.41. The van der Waals surface area contributed by atoms with Crippen LogP contribution in [0.4, 0.5) is 0 Å². The Balaban J connectivity index is 1.78. The van der Waals surface area contributed by atoms with Crippen LogP contribution in [0.2, 0.25) is 5.02 Å². The zero-order chi connectivity index (χ0) is 29.5. The van der Waals surface area contributed by atoms with Crippen LogP contribution in [0.3, 0.4) is 0 Å². The molecule has 0 aliphatic heterocycles. The van der Waals surface area contributed by atoms with Crippen molar-refractivity contribution in [2.45, 2.75) is 6.10 Å². The number of aromatic carboxylic acids is 2. The molecule has 206 valence electrons. The molecule has 10 heteroatoms. The molecule has 4 rings (SSSR count). The average molecular weight is 572 g/mol. The number of hydrogen-bond acceptors (Lipinski definition) is 6. The van der Waals surface area contributed by atoms with E-state index in [-0.39, 0.29) is 27.8 Å². The van der Waals surface area contributed by atoms with E-state index in [1.165, 1.54) is 72.8 Å². The van der Waals surface area contributed by atoms with Gasteiger partial charge in [-0.25, -0.2) is 14.4 Å². The lowest BCUT2D eigenvalue weighted by atomic mass is 10.0.